The molecule has 2 atom stereocenters. The maximum absolute atomic E-state index is 12.3. The molecule has 0 saturated carbocycles. The third-order valence-corrected chi connectivity index (χ3v) is 4.97. The van der Waals surface area contributed by atoms with E-state index in [9.17, 15) is 4.79 Å². The van der Waals surface area contributed by atoms with Crippen LogP contribution in [0.5, 0.6) is 0 Å². The van der Waals surface area contributed by atoms with Gasteiger partial charge in [0, 0.05) is 30.6 Å². The van der Waals surface area contributed by atoms with Crippen molar-refractivity contribution in [1.82, 2.24) is 10.2 Å². The van der Waals surface area contributed by atoms with Crippen molar-refractivity contribution in [1.29, 1.82) is 0 Å². The van der Waals surface area contributed by atoms with Crippen LogP contribution >= 0.6 is 11.6 Å². The zero-order chi connectivity index (χ0) is 14.7. The minimum atomic E-state index is 0.320. The summed E-state index contributed by atoms with van der Waals surface area (Å²) in [5, 5.41) is 4.31. The first-order chi connectivity index (χ1) is 10.2. The Morgan fingerprint density at radius 1 is 1.29 bits per heavy atom. The number of benzene rings is 1. The smallest absolute Gasteiger partial charge is 0.222 e. The van der Waals surface area contributed by atoms with Crippen LogP contribution in [0.4, 0.5) is 0 Å². The van der Waals surface area contributed by atoms with Gasteiger partial charge in [0.15, 0.2) is 0 Å². The minimum Gasteiger partial charge on any atom is -0.341 e. The molecule has 2 aliphatic heterocycles. The molecule has 0 aromatic heterocycles. The first-order valence-electron chi connectivity index (χ1n) is 7.98. The van der Waals surface area contributed by atoms with Gasteiger partial charge in [-0.15, -0.1) is 0 Å². The fourth-order valence-electron chi connectivity index (χ4n) is 3.50. The Kier molecular flexibility index (Phi) is 4.81. The van der Waals surface area contributed by atoms with Crippen molar-refractivity contribution in [3.05, 3.63) is 34.9 Å². The van der Waals surface area contributed by atoms with Crippen molar-refractivity contribution in [2.45, 2.75) is 38.1 Å². The molecule has 2 saturated heterocycles. The summed E-state index contributed by atoms with van der Waals surface area (Å²) in [5.74, 6) is 0.999. The number of halogens is 1. The van der Waals surface area contributed by atoms with Crippen molar-refractivity contribution >= 4 is 17.5 Å². The number of aryl methyl sites for hydroxylation is 1. The number of nitrogens with zero attached hydrogens (tertiary/aromatic N) is 1. The van der Waals surface area contributed by atoms with Crippen LogP contribution in [0, 0.1) is 5.92 Å². The Labute approximate surface area is 131 Å². The average molecular weight is 307 g/mol. The molecule has 0 radical (unpaired) electrons. The van der Waals surface area contributed by atoms with Crippen molar-refractivity contribution in [3.63, 3.8) is 0 Å². The summed E-state index contributed by atoms with van der Waals surface area (Å²) in [7, 11) is 0. The second kappa shape index (κ2) is 6.80. The molecular weight excluding hydrogens is 284 g/mol. The third-order valence-electron chi connectivity index (χ3n) is 4.72. The number of nitrogens with one attached hydrogen (secondary N) is 1. The van der Waals surface area contributed by atoms with E-state index in [2.05, 4.69) is 10.2 Å². The molecule has 0 spiro atoms. The van der Waals surface area contributed by atoms with Gasteiger partial charge >= 0.3 is 0 Å². The van der Waals surface area contributed by atoms with E-state index in [4.69, 9.17) is 11.6 Å². The monoisotopic (exact) mass is 306 g/mol. The van der Waals surface area contributed by atoms with Crippen LogP contribution in [-0.4, -0.2) is 36.5 Å². The fraction of sp³-hybridized carbons (Fsp3) is 0.588. The normalized spacial score (nSPS) is 24.9. The van der Waals surface area contributed by atoms with Gasteiger partial charge in [0.05, 0.1) is 0 Å². The number of likely N-dealkylation sites (tertiary alicyclic amines) is 1. The van der Waals surface area contributed by atoms with Gasteiger partial charge in [-0.3, -0.25) is 4.79 Å². The van der Waals surface area contributed by atoms with Gasteiger partial charge in [0.2, 0.25) is 5.91 Å². The molecule has 0 bridgehead atoms. The fourth-order valence-corrected chi connectivity index (χ4v) is 3.63. The molecule has 0 unspecified atom stereocenters. The number of carbonyl (C=O) groups excluding carboxylic acids is 1. The maximum Gasteiger partial charge on any atom is 0.222 e. The van der Waals surface area contributed by atoms with Crippen LogP contribution < -0.4 is 5.32 Å². The lowest BCUT2D eigenvalue weighted by molar-refractivity contribution is -0.130. The van der Waals surface area contributed by atoms with Crippen LogP contribution in [0.1, 0.15) is 31.2 Å². The van der Waals surface area contributed by atoms with E-state index in [-0.39, 0.29) is 0 Å². The number of carbonyl (C=O) groups is 1. The van der Waals surface area contributed by atoms with E-state index in [0.29, 0.717) is 24.3 Å². The largest absolute Gasteiger partial charge is 0.341 e. The average Bonchev–Trinajstić information content (AvgIpc) is 2.93. The highest BCUT2D eigenvalue weighted by molar-refractivity contribution is 6.30. The number of hydrogen-bond acceptors (Lipinski definition) is 2. The number of fused-ring (bicyclic) bond motifs is 1. The molecule has 0 aliphatic carbocycles. The zero-order valence-electron chi connectivity index (χ0n) is 12.4. The molecule has 3 rings (SSSR count). The Morgan fingerprint density at radius 3 is 2.86 bits per heavy atom. The number of piperidine rings is 1. The lowest BCUT2D eigenvalue weighted by Crippen LogP contribution is -2.41. The molecular formula is C17H23ClN2O. The SMILES string of the molecule is O=C(CCCc1ccc(Cl)cc1)N1C[C@@H]2CCCN[C@@H]2C1. The van der Waals surface area contributed by atoms with Gasteiger partial charge in [-0.2, -0.15) is 0 Å². The summed E-state index contributed by atoms with van der Waals surface area (Å²) < 4.78 is 0. The molecule has 3 nitrogen and oxygen atoms in total. The van der Waals surface area contributed by atoms with E-state index in [1.165, 1.54) is 18.4 Å². The topological polar surface area (TPSA) is 32.3 Å². The van der Waals surface area contributed by atoms with Gasteiger partial charge < -0.3 is 10.2 Å². The summed E-state index contributed by atoms with van der Waals surface area (Å²) in [5.41, 5.74) is 1.25. The molecule has 114 valence electrons. The zero-order valence-corrected chi connectivity index (χ0v) is 13.1. The first kappa shape index (κ1) is 14.9. The quantitative estimate of drug-likeness (QED) is 0.927. The summed E-state index contributed by atoms with van der Waals surface area (Å²) in [6, 6.07) is 8.45. The van der Waals surface area contributed by atoms with Gasteiger partial charge in [-0.1, -0.05) is 23.7 Å². The van der Waals surface area contributed by atoms with Crippen molar-refractivity contribution in [2.24, 2.45) is 5.92 Å². The van der Waals surface area contributed by atoms with Gasteiger partial charge in [0.1, 0.15) is 0 Å². The predicted molar refractivity (Wildman–Crippen MR) is 85.5 cm³/mol. The van der Waals surface area contributed by atoms with E-state index in [1.54, 1.807) is 0 Å². The van der Waals surface area contributed by atoms with E-state index in [0.717, 1.165) is 37.5 Å². The highest BCUT2D eigenvalue weighted by atomic mass is 35.5. The lowest BCUT2D eigenvalue weighted by atomic mass is 9.94. The van der Waals surface area contributed by atoms with Gasteiger partial charge in [-0.25, -0.2) is 0 Å². The maximum atomic E-state index is 12.3. The Balaban J connectivity index is 1.43. The molecule has 21 heavy (non-hydrogen) atoms. The second-order valence-electron chi connectivity index (χ2n) is 6.24. The Bertz CT molecular complexity index is 474. The van der Waals surface area contributed by atoms with Gasteiger partial charge in [-0.05, 0) is 55.8 Å². The van der Waals surface area contributed by atoms with E-state index >= 15 is 0 Å². The predicted octanol–water partition coefficient (Wildman–Crippen LogP) is 2.87. The highest BCUT2D eigenvalue weighted by Gasteiger charge is 2.35. The van der Waals surface area contributed by atoms with Gasteiger partial charge in [0.25, 0.3) is 0 Å². The first-order valence-corrected chi connectivity index (χ1v) is 8.36. The van der Waals surface area contributed by atoms with E-state index in [1.807, 2.05) is 24.3 Å². The van der Waals surface area contributed by atoms with Crippen LogP contribution in [0.15, 0.2) is 24.3 Å². The van der Waals surface area contributed by atoms with Crippen LogP contribution in [0.25, 0.3) is 0 Å². The summed E-state index contributed by atoms with van der Waals surface area (Å²) >= 11 is 5.88. The van der Waals surface area contributed by atoms with Crippen LogP contribution in [0.3, 0.4) is 0 Å². The van der Waals surface area contributed by atoms with Crippen molar-refractivity contribution in [2.75, 3.05) is 19.6 Å². The Morgan fingerprint density at radius 2 is 2.10 bits per heavy atom. The minimum absolute atomic E-state index is 0.320. The molecule has 1 aromatic carbocycles. The molecule has 1 N–H and O–H groups in total. The van der Waals surface area contributed by atoms with Crippen LogP contribution in [0.2, 0.25) is 5.02 Å². The molecule has 2 aliphatic rings. The third kappa shape index (κ3) is 3.78. The Hall–Kier alpha value is -1.06. The number of hydrogen-bond donors (Lipinski definition) is 1. The highest BCUT2D eigenvalue weighted by Crippen LogP contribution is 2.25. The molecule has 2 heterocycles. The molecule has 2 fully saturated rings. The summed E-state index contributed by atoms with van der Waals surface area (Å²) in [6.07, 6.45) is 5.04. The standard InChI is InChI=1S/C17H23ClN2O/c18-15-8-6-13(7-9-15)3-1-5-17(21)20-11-14-4-2-10-19-16(14)12-20/h6-9,14,16,19H,1-5,10-12H2/t14-,16+/m0/s1. The summed E-state index contributed by atoms with van der Waals surface area (Å²) in [6.45, 7) is 2.97. The van der Waals surface area contributed by atoms with Crippen molar-refractivity contribution < 1.29 is 4.79 Å². The molecule has 4 heteroatoms. The second-order valence-corrected chi connectivity index (χ2v) is 6.68. The van der Waals surface area contributed by atoms with E-state index < -0.39 is 0 Å². The van der Waals surface area contributed by atoms with Crippen molar-refractivity contribution in [3.8, 4) is 0 Å². The lowest BCUT2D eigenvalue weighted by Gasteiger charge is -2.24. The summed E-state index contributed by atoms with van der Waals surface area (Å²) in [4.78, 5) is 14.4. The molecule has 1 aromatic rings. The van der Waals surface area contributed by atoms with Crippen LogP contribution in [-0.2, 0) is 11.2 Å². The number of rotatable bonds is 4. The number of amides is 1. The molecule has 1 amide bonds.